The number of amides is 6. The van der Waals surface area contributed by atoms with Crippen LogP contribution in [0, 0.1) is 3.57 Å². The Kier molecular flexibility index (Phi) is 12.8. The summed E-state index contributed by atoms with van der Waals surface area (Å²) < 4.78 is 17.3. The van der Waals surface area contributed by atoms with E-state index in [9.17, 15) is 28.8 Å². The van der Waals surface area contributed by atoms with E-state index < -0.39 is 66.6 Å². The number of anilines is 1. The molecule has 0 spiro atoms. The minimum atomic E-state index is -1.48. The number of benzene rings is 3. The van der Waals surface area contributed by atoms with Crippen molar-refractivity contribution >= 4 is 64.1 Å². The lowest BCUT2D eigenvalue weighted by atomic mass is 9.98. The molecule has 2 aliphatic rings. The zero-order valence-corrected chi connectivity index (χ0v) is 32.9. The van der Waals surface area contributed by atoms with E-state index in [2.05, 4.69) is 38.5 Å². The van der Waals surface area contributed by atoms with Crippen LogP contribution in [0.1, 0.15) is 64.0 Å². The molecule has 5 rings (SSSR count). The molecule has 1 aliphatic carbocycles. The molecule has 0 unspecified atom stereocenters. The molecule has 6 amide bonds. The van der Waals surface area contributed by atoms with Crippen molar-refractivity contribution in [3.8, 4) is 16.9 Å². The van der Waals surface area contributed by atoms with E-state index in [1.165, 1.54) is 12.0 Å². The van der Waals surface area contributed by atoms with Crippen LogP contribution in [-0.4, -0.2) is 85.3 Å². The second-order valence-electron chi connectivity index (χ2n) is 13.8. The number of fused-ring (bicyclic) bond motifs is 3. The second kappa shape index (κ2) is 17.3. The van der Waals surface area contributed by atoms with Gasteiger partial charge in [0.15, 0.2) is 0 Å². The first-order valence-corrected chi connectivity index (χ1v) is 18.7. The van der Waals surface area contributed by atoms with E-state index in [0.717, 1.165) is 30.7 Å². The summed E-state index contributed by atoms with van der Waals surface area (Å²) in [7, 11) is 1.47. The quantitative estimate of drug-likeness (QED) is 0.157. The molecular weight excluding hydrogens is 809 g/mol. The Bertz CT molecular complexity index is 1880. The number of hydrogen-bond acceptors (Lipinski definition) is 9. The van der Waals surface area contributed by atoms with Gasteiger partial charge in [-0.2, -0.15) is 0 Å². The van der Waals surface area contributed by atoms with E-state index in [0.29, 0.717) is 11.4 Å². The number of ether oxygens (including phenoxy) is 3. The zero-order valence-electron chi connectivity index (χ0n) is 30.8. The van der Waals surface area contributed by atoms with Crippen molar-refractivity contribution in [1.82, 2.24) is 20.9 Å². The summed E-state index contributed by atoms with van der Waals surface area (Å²) in [6, 6.07) is 17.8. The van der Waals surface area contributed by atoms with Crippen LogP contribution in [0.5, 0.6) is 5.75 Å². The third-order valence-corrected chi connectivity index (χ3v) is 9.61. The molecule has 1 heterocycles. The van der Waals surface area contributed by atoms with Crippen LogP contribution in [0.3, 0.4) is 0 Å². The van der Waals surface area contributed by atoms with E-state index in [4.69, 9.17) is 14.2 Å². The summed E-state index contributed by atoms with van der Waals surface area (Å²) >= 11 is 2.10. The average Bonchev–Trinajstić information content (AvgIpc) is 3.45. The molecule has 3 aromatic carbocycles. The maximum absolute atomic E-state index is 13.6. The Balaban J connectivity index is 1.24. The number of urea groups is 1. The largest absolute Gasteiger partial charge is 0.495 e. The fourth-order valence-corrected chi connectivity index (χ4v) is 6.87. The van der Waals surface area contributed by atoms with Gasteiger partial charge in [-0.1, -0.05) is 55.5 Å². The number of methoxy groups -OCH3 is 1. The fraction of sp³-hybridized carbons (Fsp3) is 0.385. The molecule has 0 bridgehead atoms. The minimum absolute atomic E-state index is 0.0198. The van der Waals surface area contributed by atoms with Crippen molar-refractivity contribution in [2.24, 2.45) is 0 Å². The average molecular weight is 854 g/mol. The summed E-state index contributed by atoms with van der Waals surface area (Å²) in [5, 5.41) is 7.62. The minimum Gasteiger partial charge on any atom is -0.495 e. The number of esters is 1. The maximum atomic E-state index is 13.6. The normalized spacial score (nSPS) is 15.1. The van der Waals surface area contributed by atoms with Crippen molar-refractivity contribution in [3.05, 3.63) is 81.4 Å². The molecule has 0 radical (unpaired) electrons. The SMILES string of the molecule is CC[C@@H](NC(=O)OCC1c2ccccc2-c2ccccc21)C(=O)N[C@@H](CC(=O)OC(C)(C)C)C(=O)NCN1C(=O)CCN(c2cc(I)ccc2OC)C1=O. The number of carbonyl (C=O) groups is 6. The van der Waals surface area contributed by atoms with Gasteiger partial charge in [0.1, 0.15) is 36.7 Å². The molecule has 1 fully saturated rings. The number of imide groups is 1. The lowest BCUT2D eigenvalue weighted by Crippen LogP contribution is -2.58. The topological polar surface area (TPSA) is 173 Å². The summed E-state index contributed by atoms with van der Waals surface area (Å²) in [4.78, 5) is 81.7. The highest BCUT2D eigenvalue weighted by molar-refractivity contribution is 14.1. The first kappa shape index (κ1) is 40.0. The van der Waals surface area contributed by atoms with Crippen molar-refractivity contribution in [3.63, 3.8) is 0 Å². The Morgan fingerprint density at radius 3 is 2.17 bits per heavy atom. The Labute approximate surface area is 327 Å². The van der Waals surface area contributed by atoms with Gasteiger partial charge in [0.2, 0.25) is 17.7 Å². The highest BCUT2D eigenvalue weighted by Crippen LogP contribution is 2.44. The van der Waals surface area contributed by atoms with Gasteiger partial charge in [-0.25, -0.2) is 14.5 Å². The standard InChI is InChI=1S/C39H44IN5O9/c1-6-29(43-37(50)53-21-28-26-13-9-7-11-24(26)25-12-8-10-14-27(25)28)36(49)42-30(20-34(47)54-39(2,3)4)35(48)41-22-45-33(46)17-18-44(38(45)51)31-19-23(40)15-16-32(31)52-5/h7-16,19,28-30H,6,17-18,20-22H2,1-5H3,(H,41,48)(H,42,49)(H,43,50)/t29-,30+/m1/s1. The van der Waals surface area contributed by atoms with E-state index in [1.54, 1.807) is 39.8 Å². The van der Waals surface area contributed by atoms with Crippen molar-refractivity contribution in [2.45, 2.75) is 70.6 Å². The molecule has 54 heavy (non-hydrogen) atoms. The van der Waals surface area contributed by atoms with E-state index in [-0.39, 0.29) is 31.9 Å². The number of alkyl carbamates (subject to hydrolysis) is 1. The van der Waals surface area contributed by atoms with Crippen LogP contribution in [0.2, 0.25) is 0 Å². The van der Waals surface area contributed by atoms with Gasteiger partial charge in [-0.3, -0.25) is 24.1 Å². The van der Waals surface area contributed by atoms with Gasteiger partial charge in [0, 0.05) is 22.5 Å². The van der Waals surface area contributed by atoms with E-state index >= 15 is 0 Å². The zero-order chi connectivity index (χ0) is 39.2. The molecule has 3 aromatic rings. The summed E-state index contributed by atoms with van der Waals surface area (Å²) in [5.74, 6) is -2.66. The van der Waals surface area contributed by atoms with Gasteiger partial charge in [0.05, 0.1) is 19.2 Å². The van der Waals surface area contributed by atoms with Crippen LogP contribution in [-0.2, 0) is 28.7 Å². The third kappa shape index (κ3) is 9.48. The number of hydrogen-bond donors (Lipinski definition) is 3. The molecule has 3 N–H and O–H groups in total. The maximum Gasteiger partial charge on any atom is 0.407 e. The van der Waals surface area contributed by atoms with Crippen LogP contribution in [0.4, 0.5) is 15.3 Å². The second-order valence-corrected chi connectivity index (χ2v) is 15.0. The predicted molar refractivity (Wildman–Crippen MR) is 208 cm³/mol. The van der Waals surface area contributed by atoms with Crippen LogP contribution < -0.4 is 25.6 Å². The Hall–Kier alpha value is -5.19. The van der Waals surface area contributed by atoms with Gasteiger partial charge < -0.3 is 30.2 Å². The number of rotatable bonds is 13. The highest BCUT2D eigenvalue weighted by Gasteiger charge is 2.36. The first-order chi connectivity index (χ1) is 25.7. The predicted octanol–water partition coefficient (Wildman–Crippen LogP) is 5.07. The first-order valence-electron chi connectivity index (χ1n) is 17.6. The molecule has 1 saturated heterocycles. The van der Waals surface area contributed by atoms with Crippen LogP contribution in [0.25, 0.3) is 11.1 Å². The Morgan fingerprint density at radius 1 is 0.907 bits per heavy atom. The molecule has 15 heteroatoms. The molecule has 0 saturated carbocycles. The third-order valence-electron chi connectivity index (χ3n) is 8.94. The van der Waals surface area contributed by atoms with Gasteiger partial charge in [-0.05, 0) is 90.2 Å². The van der Waals surface area contributed by atoms with Gasteiger partial charge in [0.25, 0.3) is 0 Å². The fourth-order valence-electron chi connectivity index (χ4n) is 6.39. The number of nitrogens with one attached hydrogen (secondary N) is 3. The Morgan fingerprint density at radius 2 is 1.56 bits per heavy atom. The molecule has 14 nitrogen and oxygen atoms in total. The number of halogens is 1. The highest BCUT2D eigenvalue weighted by atomic mass is 127. The molecule has 2 atom stereocenters. The van der Waals surface area contributed by atoms with Crippen molar-refractivity contribution < 1.29 is 43.0 Å². The summed E-state index contributed by atoms with van der Waals surface area (Å²) in [5.41, 5.74) is 3.78. The van der Waals surface area contributed by atoms with Crippen molar-refractivity contribution in [1.29, 1.82) is 0 Å². The van der Waals surface area contributed by atoms with Gasteiger partial charge >= 0.3 is 18.1 Å². The lowest BCUT2D eigenvalue weighted by Gasteiger charge is -2.35. The summed E-state index contributed by atoms with van der Waals surface area (Å²) in [6.45, 7) is 6.24. The number of carbonyl (C=O) groups excluding carboxylic acids is 6. The molecule has 1 aliphatic heterocycles. The molecule has 286 valence electrons. The van der Waals surface area contributed by atoms with Gasteiger partial charge in [-0.15, -0.1) is 0 Å². The molecular formula is C39H44IN5O9. The monoisotopic (exact) mass is 853 g/mol. The molecule has 0 aromatic heterocycles. The smallest absolute Gasteiger partial charge is 0.407 e. The van der Waals surface area contributed by atoms with Crippen molar-refractivity contribution in [2.75, 3.05) is 31.8 Å². The summed E-state index contributed by atoms with van der Waals surface area (Å²) in [6.07, 6.45) is -1.29. The number of nitrogens with zero attached hydrogens (tertiary/aromatic N) is 2. The van der Waals surface area contributed by atoms with E-state index in [1.807, 2.05) is 54.6 Å². The van der Waals surface area contributed by atoms with Crippen LogP contribution in [0.15, 0.2) is 66.7 Å². The van der Waals surface area contributed by atoms with Crippen LogP contribution >= 0.6 is 22.6 Å². The lowest BCUT2D eigenvalue weighted by molar-refractivity contribution is -0.156.